The van der Waals surface area contributed by atoms with Crippen molar-refractivity contribution in [2.75, 3.05) is 5.88 Å². The first-order chi connectivity index (χ1) is 4.16. The molecule has 0 saturated carbocycles. The Labute approximate surface area is 61.2 Å². The molecule has 1 unspecified atom stereocenters. The summed E-state index contributed by atoms with van der Waals surface area (Å²) in [7, 11) is 0. The van der Waals surface area contributed by atoms with E-state index in [-0.39, 0.29) is 0 Å². The maximum atomic E-state index is 9.02. The van der Waals surface area contributed by atoms with Gasteiger partial charge >= 0.3 is 0 Å². The number of hydrogen-bond acceptors (Lipinski definition) is 2. The molecule has 0 aromatic carbocycles. The highest BCUT2D eigenvalue weighted by Gasteiger charge is 2.02. The number of halogens is 1. The van der Waals surface area contributed by atoms with Gasteiger partial charge in [0.1, 0.15) is 6.23 Å². The third kappa shape index (κ3) is 6.09. The molecule has 0 spiro atoms. The Kier molecular flexibility index (Phi) is 5.15. The van der Waals surface area contributed by atoms with Crippen molar-refractivity contribution >= 4 is 11.6 Å². The van der Waals surface area contributed by atoms with Gasteiger partial charge in [0, 0.05) is 18.3 Å². The average molecular weight is 152 g/mol. The molecule has 2 N–H and O–H groups in total. The second-order valence-corrected chi connectivity index (χ2v) is 2.69. The van der Waals surface area contributed by atoms with Crippen LogP contribution in [-0.2, 0) is 0 Å². The van der Waals surface area contributed by atoms with Crippen molar-refractivity contribution in [3.63, 3.8) is 0 Å². The van der Waals surface area contributed by atoms with Crippen LogP contribution in [0.3, 0.4) is 0 Å². The predicted octanol–water partition coefficient (Wildman–Crippen LogP) is 0.932. The number of alkyl halides is 1. The van der Waals surface area contributed by atoms with Gasteiger partial charge in [0.05, 0.1) is 0 Å². The molecular weight excluding hydrogens is 138 g/mol. The van der Waals surface area contributed by atoms with Crippen molar-refractivity contribution in [1.29, 1.82) is 0 Å². The molecule has 1 atom stereocenters. The van der Waals surface area contributed by atoms with Crippen LogP contribution in [-0.4, -0.2) is 23.3 Å². The zero-order valence-electron chi connectivity index (χ0n) is 5.89. The van der Waals surface area contributed by atoms with Crippen molar-refractivity contribution in [3.8, 4) is 0 Å². The van der Waals surface area contributed by atoms with Crippen LogP contribution in [0.1, 0.15) is 20.3 Å². The smallest absolute Gasteiger partial charge is 0.106 e. The Morgan fingerprint density at radius 3 is 2.44 bits per heavy atom. The van der Waals surface area contributed by atoms with E-state index in [1.54, 1.807) is 0 Å². The second kappa shape index (κ2) is 5.03. The van der Waals surface area contributed by atoms with Crippen molar-refractivity contribution in [2.45, 2.75) is 32.5 Å². The summed E-state index contributed by atoms with van der Waals surface area (Å²) in [5.74, 6) is 0.501. The summed E-state index contributed by atoms with van der Waals surface area (Å²) in [5.41, 5.74) is 0. The van der Waals surface area contributed by atoms with E-state index in [4.69, 9.17) is 16.7 Å². The van der Waals surface area contributed by atoms with Crippen LogP contribution in [0.15, 0.2) is 0 Å². The van der Waals surface area contributed by atoms with Crippen molar-refractivity contribution in [3.05, 3.63) is 0 Å². The summed E-state index contributed by atoms with van der Waals surface area (Å²) in [5, 5.41) is 11.9. The van der Waals surface area contributed by atoms with E-state index in [0.29, 0.717) is 18.3 Å². The van der Waals surface area contributed by atoms with Crippen molar-refractivity contribution in [1.82, 2.24) is 5.32 Å². The molecule has 0 aliphatic carbocycles. The first kappa shape index (κ1) is 9.21. The highest BCUT2D eigenvalue weighted by Crippen LogP contribution is 1.91. The molecule has 0 radical (unpaired) electrons. The highest BCUT2D eigenvalue weighted by atomic mass is 35.5. The molecule has 0 aromatic rings. The van der Waals surface area contributed by atoms with Crippen LogP contribution in [0.4, 0.5) is 0 Å². The minimum absolute atomic E-state index is 0.322. The lowest BCUT2D eigenvalue weighted by molar-refractivity contribution is 0.124. The number of aliphatic hydroxyl groups is 1. The number of hydrogen-bond donors (Lipinski definition) is 2. The van der Waals surface area contributed by atoms with Gasteiger partial charge in [-0.2, -0.15) is 0 Å². The standard InChI is InChI=1S/C6H14ClNO/c1-5(2)8-6(9)3-4-7/h5-6,8-9H,3-4H2,1-2H3. The van der Waals surface area contributed by atoms with Gasteiger partial charge in [-0.05, 0) is 13.8 Å². The van der Waals surface area contributed by atoms with E-state index in [9.17, 15) is 0 Å². The number of rotatable bonds is 4. The zero-order valence-corrected chi connectivity index (χ0v) is 6.65. The quantitative estimate of drug-likeness (QED) is 0.463. The van der Waals surface area contributed by atoms with Crippen LogP contribution in [0, 0.1) is 0 Å². The normalized spacial score (nSPS) is 14.3. The van der Waals surface area contributed by atoms with Gasteiger partial charge in [-0.1, -0.05) is 0 Å². The first-order valence-electron chi connectivity index (χ1n) is 3.17. The number of nitrogens with one attached hydrogen (secondary N) is 1. The third-order valence-electron chi connectivity index (χ3n) is 0.908. The van der Waals surface area contributed by atoms with Gasteiger partial charge in [0.2, 0.25) is 0 Å². The Bertz CT molecular complexity index is 68.1. The highest BCUT2D eigenvalue weighted by molar-refractivity contribution is 6.17. The van der Waals surface area contributed by atoms with Crippen molar-refractivity contribution < 1.29 is 5.11 Å². The van der Waals surface area contributed by atoms with E-state index in [1.807, 2.05) is 13.8 Å². The summed E-state index contributed by atoms with van der Waals surface area (Å²) in [6, 6.07) is 0.322. The molecule has 2 nitrogen and oxygen atoms in total. The largest absolute Gasteiger partial charge is 0.379 e. The van der Waals surface area contributed by atoms with E-state index in [1.165, 1.54) is 0 Å². The maximum Gasteiger partial charge on any atom is 0.106 e. The van der Waals surface area contributed by atoms with Gasteiger partial charge in [0.25, 0.3) is 0 Å². The van der Waals surface area contributed by atoms with Crippen LogP contribution < -0.4 is 5.32 Å². The fraction of sp³-hybridized carbons (Fsp3) is 1.00. The molecule has 0 saturated heterocycles. The topological polar surface area (TPSA) is 32.3 Å². The maximum absolute atomic E-state index is 9.02. The lowest BCUT2D eigenvalue weighted by Gasteiger charge is -2.13. The molecule has 0 aliphatic heterocycles. The molecule has 0 bridgehead atoms. The molecule has 3 heteroatoms. The lowest BCUT2D eigenvalue weighted by Crippen LogP contribution is -2.34. The molecular formula is C6H14ClNO. The summed E-state index contributed by atoms with van der Waals surface area (Å²) >= 11 is 5.38. The molecule has 9 heavy (non-hydrogen) atoms. The van der Waals surface area contributed by atoms with Gasteiger partial charge in [-0.15, -0.1) is 11.6 Å². The van der Waals surface area contributed by atoms with E-state index in [0.717, 1.165) is 0 Å². The van der Waals surface area contributed by atoms with E-state index in [2.05, 4.69) is 5.32 Å². The van der Waals surface area contributed by atoms with Gasteiger partial charge in [-0.25, -0.2) is 0 Å². The molecule has 0 fully saturated rings. The van der Waals surface area contributed by atoms with Crippen LogP contribution >= 0.6 is 11.6 Å². The Hall–Kier alpha value is 0.210. The Morgan fingerprint density at radius 2 is 2.11 bits per heavy atom. The summed E-state index contributed by atoms with van der Waals surface area (Å²) < 4.78 is 0. The minimum Gasteiger partial charge on any atom is -0.379 e. The van der Waals surface area contributed by atoms with E-state index >= 15 is 0 Å². The lowest BCUT2D eigenvalue weighted by atomic mass is 10.3. The fourth-order valence-electron chi connectivity index (χ4n) is 0.571. The Morgan fingerprint density at radius 1 is 1.56 bits per heavy atom. The van der Waals surface area contributed by atoms with Gasteiger partial charge in [-0.3, -0.25) is 5.32 Å². The molecule has 0 aromatic heterocycles. The van der Waals surface area contributed by atoms with Crippen LogP contribution in [0.25, 0.3) is 0 Å². The van der Waals surface area contributed by atoms with Gasteiger partial charge < -0.3 is 5.11 Å². The van der Waals surface area contributed by atoms with Crippen LogP contribution in [0.5, 0.6) is 0 Å². The molecule has 0 aliphatic rings. The summed E-state index contributed by atoms with van der Waals surface area (Å²) in [6.07, 6.45) is 0.169. The molecule has 0 rings (SSSR count). The first-order valence-corrected chi connectivity index (χ1v) is 3.70. The van der Waals surface area contributed by atoms with Crippen LogP contribution in [0.2, 0.25) is 0 Å². The summed E-state index contributed by atoms with van der Waals surface area (Å²) in [6.45, 7) is 3.97. The van der Waals surface area contributed by atoms with E-state index < -0.39 is 6.23 Å². The third-order valence-corrected chi connectivity index (χ3v) is 1.13. The minimum atomic E-state index is -0.442. The fourth-order valence-corrected chi connectivity index (χ4v) is 0.778. The molecule has 0 heterocycles. The average Bonchev–Trinajstić information content (AvgIpc) is 1.63. The Balaban J connectivity index is 3.15. The van der Waals surface area contributed by atoms with Crippen molar-refractivity contribution in [2.24, 2.45) is 0 Å². The second-order valence-electron chi connectivity index (χ2n) is 2.31. The molecule has 0 amide bonds. The van der Waals surface area contributed by atoms with Gasteiger partial charge in [0.15, 0.2) is 0 Å². The predicted molar refractivity (Wildman–Crippen MR) is 39.6 cm³/mol. The zero-order chi connectivity index (χ0) is 7.28. The molecule has 56 valence electrons. The monoisotopic (exact) mass is 151 g/mol. The number of aliphatic hydroxyl groups excluding tert-OH is 1. The summed E-state index contributed by atoms with van der Waals surface area (Å²) in [4.78, 5) is 0. The SMILES string of the molecule is CC(C)NC(O)CCCl.